The summed E-state index contributed by atoms with van der Waals surface area (Å²) in [5, 5.41) is 14.9. The van der Waals surface area contributed by atoms with E-state index in [9.17, 15) is 4.79 Å². The highest BCUT2D eigenvalue weighted by Crippen LogP contribution is 2.31. The number of piperazine rings is 1. The van der Waals surface area contributed by atoms with Gasteiger partial charge in [0.1, 0.15) is 12.6 Å². The van der Waals surface area contributed by atoms with Crippen LogP contribution in [0, 0.1) is 11.3 Å². The van der Waals surface area contributed by atoms with Crippen molar-refractivity contribution in [3.05, 3.63) is 48.5 Å². The summed E-state index contributed by atoms with van der Waals surface area (Å²) in [5.74, 6) is -0.0534. The summed E-state index contributed by atoms with van der Waals surface area (Å²) in [4.78, 5) is 17.2. The van der Waals surface area contributed by atoms with Gasteiger partial charge in [0.2, 0.25) is 5.91 Å². The van der Waals surface area contributed by atoms with Crippen molar-refractivity contribution in [2.24, 2.45) is 0 Å². The number of carbonyl (C=O) groups excluding carboxylic acids is 1. The molecule has 2 saturated heterocycles. The van der Waals surface area contributed by atoms with Crippen molar-refractivity contribution in [3.8, 4) is 17.2 Å². The maximum Gasteiger partial charge on any atom is 0.243 e. The number of nitrogens with zero attached hydrogens (tertiary/aromatic N) is 3. The summed E-state index contributed by atoms with van der Waals surface area (Å²) in [6.07, 6.45) is 2.93. The predicted molar refractivity (Wildman–Crippen MR) is 121 cm³/mol. The Balaban J connectivity index is 1.57. The minimum absolute atomic E-state index is 0.0534. The molecule has 0 aromatic heterocycles. The van der Waals surface area contributed by atoms with Crippen LogP contribution in [0.2, 0.25) is 0 Å². The third-order valence-corrected chi connectivity index (χ3v) is 5.99. The van der Waals surface area contributed by atoms with Gasteiger partial charge in [0.15, 0.2) is 0 Å². The molecular weight excluding hydrogens is 374 g/mol. The van der Waals surface area contributed by atoms with Gasteiger partial charge >= 0.3 is 0 Å². The molecule has 156 valence electrons. The lowest BCUT2D eigenvalue weighted by Crippen LogP contribution is -2.49. The summed E-state index contributed by atoms with van der Waals surface area (Å²) in [6.45, 7) is 5.00. The van der Waals surface area contributed by atoms with Crippen LogP contribution in [0.25, 0.3) is 11.1 Å². The van der Waals surface area contributed by atoms with Gasteiger partial charge < -0.3 is 20.4 Å². The zero-order chi connectivity index (χ0) is 20.8. The number of nitrogens with one attached hydrogen (secondary N) is 2. The van der Waals surface area contributed by atoms with E-state index < -0.39 is 0 Å². The number of anilines is 2. The van der Waals surface area contributed by atoms with Crippen LogP contribution in [0.1, 0.15) is 19.3 Å². The maximum atomic E-state index is 12.6. The third kappa shape index (κ3) is 4.58. The van der Waals surface area contributed by atoms with Crippen molar-refractivity contribution in [1.82, 2.24) is 10.6 Å². The van der Waals surface area contributed by atoms with Gasteiger partial charge in [0.05, 0.1) is 6.07 Å². The number of rotatable bonds is 5. The first-order valence-electron chi connectivity index (χ1n) is 10.8. The van der Waals surface area contributed by atoms with E-state index in [1.54, 1.807) is 0 Å². The Morgan fingerprint density at radius 3 is 2.47 bits per heavy atom. The highest BCUT2D eigenvalue weighted by molar-refractivity contribution is 5.86. The largest absolute Gasteiger partial charge is 0.369 e. The number of nitriles is 1. The van der Waals surface area contributed by atoms with Crippen molar-refractivity contribution in [1.29, 1.82) is 5.26 Å². The molecule has 1 atom stereocenters. The lowest BCUT2D eigenvalue weighted by atomic mass is 9.98. The molecule has 0 spiro atoms. The summed E-state index contributed by atoms with van der Waals surface area (Å²) in [7, 11) is 0. The normalized spacial score (nSPS) is 19.2. The fourth-order valence-corrected chi connectivity index (χ4v) is 4.43. The monoisotopic (exact) mass is 403 g/mol. The van der Waals surface area contributed by atoms with Gasteiger partial charge in [-0.05, 0) is 54.7 Å². The van der Waals surface area contributed by atoms with Crippen molar-refractivity contribution >= 4 is 17.3 Å². The fourth-order valence-electron chi connectivity index (χ4n) is 4.43. The van der Waals surface area contributed by atoms with Crippen LogP contribution in [-0.4, -0.2) is 51.2 Å². The zero-order valence-corrected chi connectivity index (χ0v) is 17.3. The number of hydrogen-bond donors (Lipinski definition) is 2. The molecule has 2 aromatic rings. The first-order valence-corrected chi connectivity index (χ1v) is 10.8. The van der Waals surface area contributed by atoms with Crippen molar-refractivity contribution in [2.75, 3.05) is 49.1 Å². The molecule has 2 fully saturated rings. The number of amides is 1. The Kier molecular flexibility index (Phi) is 6.50. The molecule has 6 nitrogen and oxygen atoms in total. The summed E-state index contributed by atoms with van der Waals surface area (Å²) >= 11 is 0. The van der Waals surface area contributed by atoms with Gasteiger partial charge in [0, 0.05) is 44.1 Å². The summed E-state index contributed by atoms with van der Waals surface area (Å²) < 4.78 is 0. The third-order valence-electron chi connectivity index (χ3n) is 5.99. The Morgan fingerprint density at radius 1 is 1.03 bits per heavy atom. The van der Waals surface area contributed by atoms with E-state index in [4.69, 9.17) is 5.26 Å². The van der Waals surface area contributed by atoms with E-state index >= 15 is 0 Å². The minimum Gasteiger partial charge on any atom is -0.369 e. The smallest absolute Gasteiger partial charge is 0.243 e. The van der Waals surface area contributed by atoms with Crippen LogP contribution in [0.3, 0.4) is 0 Å². The first kappa shape index (κ1) is 20.2. The van der Waals surface area contributed by atoms with Crippen LogP contribution >= 0.6 is 0 Å². The molecule has 0 saturated carbocycles. The molecule has 4 rings (SSSR count). The molecule has 2 heterocycles. The topological polar surface area (TPSA) is 71.4 Å². The average Bonchev–Trinajstić information content (AvgIpc) is 2.83. The highest BCUT2D eigenvalue weighted by atomic mass is 16.2. The van der Waals surface area contributed by atoms with Gasteiger partial charge in [0.25, 0.3) is 0 Å². The summed E-state index contributed by atoms with van der Waals surface area (Å²) in [5.41, 5.74) is 4.67. The van der Waals surface area contributed by atoms with E-state index in [0.717, 1.165) is 63.2 Å². The van der Waals surface area contributed by atoms with Gasteiger partial charge in [-0.1, -0.05) is 24.3 Å². The highest BCUT2D eigenvalue weighted by Gasteiger charge is 2.28. The molecule has 0 radical (unpaired) electrons. The lowest BCUT2D eigenvalue weighted by Gasteiger charge is -2.36. The van der Waals surface area contributed by atoms with Crippen LogP contribution in [-0.2, 0) is 4.79 Å². The van der Waals surface area contributed by atoms with Crippen molar-refractivity contribution < 1.29 is 4.79 Å². The van der Waals surface area contributed by atoms with Gasteiger partial charge in [-0.3, -0.25) is 4.79 Å². The SMILES string of the molecule is N#CCNC(=O)[C@H]1CCCCN1c1cccc(-c2cccc(N3CCNCC3)c2)c1. The minimum atomic E-state index is -0.213. The standard InChI is InChI=1S/C24H29N5O/c25-10-11-27-24(30)23-9-1-2-14-29(23)22-8-4-6-20(18-22)19-5-3-7-21(17-19)28-15-12-26-13-16-28/h3-8,17-18,23,26H,1-2,9,11-16H2,(H,27,30)/t23-/m1/s1. The van der Waals surface area contributed by atoms with Crippen LogP contribution in [0.4, 0.5) is 11.4 Å². The molecule has 2 aliphatic heterocycles. The molecule has 1 amide bonds. The number of benzene rings is 2. The molecule has 0 unspecified atom stereocenters. The second-order valence-corrected chi connectivity index (χ2v) is 7.92. The molecule has 0 bridgehead atoms. The molecule has 2 aliphatic rings. The van der Waals surface area contributed by atoms with Crippen molar-refractivity contribution in [3.63, 3.8) is 0 Å². The first-order chi connectivity index (χ1) is 14.8. The number of piperidine rings is 1. The van der Waals surface area contributed by atoms with Gasteiger partial charge in [-0.25, -0.2) is 0 Å². The predicted octanol–water partition coefficient (Wildman–Crippen LogP) is 2.76. The van der Waals surface area contributed by atoms with E-state index in [1.165, 1.54) is 11.3 Å². The number of hydrogen-bond acceptors (Lipinski definition) is 5. The van der Waals surface area contributed by atoms with Crippen LogP contribution in [0.5, 0.6) is 0 Å². The molecule has 2 N–H and O–H groups in total. The molecule has 2 aromatic carbocycles. The van der Waals surface area contributed by atoms with E-state index in [2.05, 4.69) is 69.0 Å². The Bertz CT molecular complexity index is 916. The summed E-state index contributed by atoms with van der Waals surface area (Å²) in [6, 6.07) is 19.0. The van der Waals surface area contributed by atoms with Crippen LogP contribution in [0.15, 0.2) is 48.5 Å². The molecule has 6 heteroatoms. The zero-order valence-electron chi connectivity index (χ0n) is 17.3. The van der Waals surface area contributed by atoms with Crippen LogP contribution < -0.4 is 20.4 Å². The Labute approximate surface area is 178 Å². The molecule has 30 heavy (non-hydrogen) atoms. The van der Waals surface area contributed by atoms with Gasteiger partial charge in [-0.15, -0.1) is 0 Å². The van der Waals surface area contributed by atoms with E-state index in [-0.39, 0.29) is 18.5 Å². The fraction of sp³-hybridized carbons (Fsp3) is 0.417. The van der Waals surface area contributed by atoms with E-state index in [1.807, 2.05) is 6.07 Å². The van der Waals surface area contributed by atoms with Gasteiger partial charge in [-0.2, -0.15) is 5.26 Å². The quantitative estimate of drug-likeness (QED) is 0.751. The Morgan fingerprint density at radius 2 is 1.73 bits per heavy atom. The van der Waals surface area contributed by atoms with E-state index in [0.29, 0.717) is 0 Å². The Hall–Kier alpha value is -3.04. The second kappa shape index (κ2) is 9.64. The lowest BCUT2D eigenvalue weighted by molar-refractivity contribution is -0.122. The maximum absolute atomic E-state index is 12.6. The number of carbonyl (C=O) groups is 1. The average molecular weight is 404 g/mol. The molecular formula is C24H29N5O. The molecule has 0 aliphatic carbocycles. The van der Waals surface area contributed by atoms with Crippen molar-refractivity contribution in [2.45, 2.75) is 25.3 Å². The second-order valence-electron chi connectivity index (χ2n) is 7.92.